The van der Waals surface area contributed by atoms with Crippen LogP contribution in [0, 0.1) is 23.2 Å². The van der Waals surface area contributed by atoms with E-state index in [0.29, 0.717) is 18.4 Å². The molecule has 0 aliphatic heterocycles. The summed E-state index contributed by atoms with van der Waals surface area (Å²) in [5.41, 5.74) is 0.104. The number of hydrogen-bond acceptors (Lipinski definition) is 2. The third-order valence-corrected chi connectivity index (χ3v) is 4.05. The van der Waals surface area contributed by atoms with E-state index in [2.05, 4.69) is 34.6 Å². The lowest BCUT2D eigenvalue weighted by Crippen LogP contribution is -2.41. The quantitative estimate of drug-likeness (QED) is 0.693. The molecule has 2 atom stereocenters. The van der Waals surface area contributed by atoms with Crippen LogP contribution in [-0.4, -0.2) is 12.6 Å². The molecule has 0 aromatic carbocycles. The Hall–Kier alpha value is -0.530. The molecule has 1 fully saturated rings. The second kappa shape index (κ2) is 5.88. The lowest BCUT2D eigenvalue weighted by atomic mass is 9.63. The predicted octanol–water partition coefficient (Wildman–Crippen LogP) is 4.04. The Labute approximate surface area is 106 Å². The van der Waals surface area contributed by atoms with Gasteiger partial charge in [-0.05, 0) is 30.1 Å². The van der Waals surface area contributed by atoms with Crippen molar-refractivity contribution in [1.29, 1.82) is 0 Å². The SMILES string of the molecule is CC[C@@H]1CCCC(C)(C)[C@H]1C(=O)OCC(C)C. The third-order valence-electron chi connectivity index (χ3n) is 4.05. The van der Waals surface area contributed by atoms with E-state index in [1.54, 1.807) is 0 Å². The van der Waals surface area contributed by atoms with E-state index >= 15 is 0 Å². The van der Waals surface area contributed by atoms with Crippen molar-refractivity contribution in [2.75, 3.05) is 6.61 Å². The van der Waals surface area contributed by atoms with Gasteiger partial charge in [-0.3, -0.25) is 4.79 Å². The molecule has 0 aromatic heterocycles. The lowest BCUT2D eigenvalue weighted by molar-refractivity contribution is -0.159. The van der Waals surface area contributed by atoms with Crippen molar-refractivity contribution in [1.82, 2.24) is 0 Å². The molecule has 2 nitrogen and oxygen atoms in total. The molecule has 0 saturated heterocycles. The molecule has 0 amide bonds. The van der Waals surface area contributed by atoms with Gasteiger partial charge in [-0.15, -0.1) is 0 Å². The van der Waals surface area contributed by atoms with Crippen molar-refractivity contribution in [3.63, 3.8) is 0 Å². The fourth-order valence-electron chi connectivity index (χ4n) is 3.07. The normalized spacial score (nSPS) is 28.1. The maximum atomic E-state index is 12.3. The van der Waals surface area contributed by atoms with Crippen molar-refractivity contribution < 1.29 is 9.53 Å². The van der Waals surface area contributed by atoms with Gasteiger partial charge < -0.3 is 4.74 Å². The lowest BCUT2D eigenvalue weighted by Gasteiger charge is -2.42. The molecule has 17 heavy (non-hydrogen) atoms. The first-order valence-corrected chi connectivity index (χ1v) is 7.05. The molecule has 0 bridgehead atoms. The first kappa shape index (κ1) is 14.5. The summed E-state index contributed by atoms with van der Waals surface area (Å²) in [6.45, 7) is 11.3. The van der Waals surface area contributed by atoms with E-state index < -0.39 is 0 Å². The van der Waals surface area contributed by atoms with Crippen LogP contribution in [0.25, 0.3) is 0 Å². The monoisotopic (exact) mass is 240 g/mol. The molecule has 100 valence electrons. The largest absolute Gasteiger partial charge is 0.465 e. The average Bonchev–Trinajstić information content (AvgIpc) is 2.24. The highest BCUT2D eigenvalue weighted by molar-refractivity contribution is 5.74. The molecule has 1 aliphatic carbocycles. The Morgan fingerprint density at radius 1 is 1.41 bits per heavy atom. The van der Waals surface area contributed by atoms with E-state index in [0.717, 1.165) is 12.8 Å². The molecule has 0 spiro atoms. The van der Waals surface area contributed by atoms with Crippen molar-refractivity contribution in [2.45, 2.75) is 60.3 Å². The third kappa shape index (κ3) is 3.72. The Morgan fingerprint density at radius 3 is 2.59 bits per heavy atom. The first-order chi connectivity index (χ1) is 7.88. The van der Waals surface area contributed by atoms with Crippen LogP contribution >= 0.6 is 0 Å². The molecule has 0 aromatic rings. The van der Waals surface area contributed by atoms with Gasteiger partial charge in [0, 0.05) is 0 Å². The van der Waals surface area contributed by atoms with E-state index in [-0.39, 0.29) is 17.3 Å². The average molecular weight is 240 g/mol. The molecule has 0 N–H and O–H groups in total. The molecular weight excluding hydrogens is 212 g/mol. The Morgan fingerprint density at radius 2 is 2.06 bits per heavy atom. The zero-order valence-corrected chi connectivity index (χ0v) is 12.1. The number of hydrogen-bond donors (Lipinski definition) is 0. The van der Waals surface area contributed by atoms with Crippen LogP contribution in [0.5, 0.6) is 0 Å². The van der Waals surface area contributed by atoms with Crippen molar-refractivity contribution in [3.8, 4) is 0 Å². The maximum absolute atomic E-state index is 12.3. The minimum absolute atomic E-state index is 0.0373. The zero-order chi connectivity index (χ0) is 13.1. The smallest absolute Gasteiger partial charge is 0.309 e. The highest BCUT2D eigenvalue weighted by Gasteiger charge is 2.43. The van der Waals surface area contributed by atoms with Crippen LogP contribution in [0.4, 0.5) is 0 Å². The van der Waals surface area contributed by atoms with E-state index in [9.17, 15) is 4.79 Å². The number of esters is 1. The molecule has 2 heteroatoms. The summed E-state index contributed by atoms with van der Waals surface area (Å²) in [7, 11) is 0. The second-order valence-electron chi connectivity index (χ2n) is 6.55. The van der Waals surface area contributed by atoms with E-state index in [1.807, 2.05) is 0 Å². The second-order valence-corrected chi connectivity index (χ2v) is 6.55. The van der Waals surface area contributed by atoms with E-state index in [1.165, 1.54) is 12.8 Å². The summed E-state index contributed by atoms with van der Waals surface area (Å²) in [6.07, 6.45) is 4.66. The van der Waals surface area contributed by atoms with Crippen LogP contribution < -0.4 is 0 Å². The van der Waals surface area contributed by atoms with Gasteiger partial charge in [-0.1, -0.05) is 47.5 Å². The van der Waals surface area contributed by atoms with Crippen LogP contribution in [0.2, 0.25) is 0 Å². The minimum Gasteiger partial charge on any atom is -0.465 e. The van der Waals surface area contributed by atoms with Crippen LogP contribution in [-0.2, 0) is 9.53 Å². The fraction of sp³-hybridized carbons (Fsp3) is 0.933. The van der Waals surface area contributed by atoms with Crippen LogP contribution in [0.15, 0.2) is 0 Å². The number of carbonyl (C=O) groups is 1. The van der Waals surface area contributed by atoms with Crippen LogP contribution in [0.3, 0.4) is 0 Å². The maximum Gasteiger partial charge on any atom is 0.309 e. The highest BCUT2D eigenvalue weighted by atomic mass is 16.5. The fourth-order valence-corrected chi connectivity index (χ4v) is 3.07. The summed E-state index contributed by atoms with van der Waals surface area (Å²) in [5.74, 6) is 1.07. The van der Waals surface area contributed by atoms with Gasteiger partial charge in [0.1, 0.15) is 0 Å². The Kier molecular flexibility index (Phi) is 5.03. The van der Waals surface area contributed by atoms with Gasteiger partial charge in [0.05, 0.1) is 12.5 Å². The summed E-state index contributed by atoms with van der Waals surface area (Å²) in [6, 6.07) is 0. The van der Waals surface area contributed by atoms with Crippen molar-refractivity contribution in [2.24, 2.45) is 23.2 Å². The number of carbonyl (C=O) groups excluding carboxylic acids is 1. The topological polar surface area (TPSA) is 26.3 Å². The van der Waals surface area contributed by atoms with Gasteiger partial charge in [-0.25, -0.2) is 0 Å². The first-order valence-electron chi connectivity index (χ1n) is 7.05. The minimum atomic E-state index is 0.0373. The summed E-state index contributed by atoms with van der Waals surface area (Å²) >= 11 is 0. The van der Waals surface area contributed by atoms with Gasteiger partial charge in [0.15, 0.2) is 0 Å². The molecular formula is C15H28O2. The Bertz CT molecular complexity index is 256. The molecule has 0 heterocycles. The van der Waals surface area contributed by atoms with Gasteiger partial charge in [-0.2, -0.15) is 0 Å². The predicted molar refractivity (Wildman–Crippen MR) is 70.7 cm³/mol. The van der Waals surface area contributed by atoms with Gasteiger partial charge >= 0.3 is 5.97 Å². The molecule has 1 aliphatic rings. The number of rotatable bonds is 4. The van der Waals surface area contributed by atoms with Crippen molar-refractivity contribution >= 4 is 5.97 Å². The van der Waals surface area contributed by atoms with Crippen molar-refractivity contribution in [3.05, 3.63) is 0 Å². The molecule has 1 saturated carbocycles. The Balaban J connectivity index is 2.70. The summed E-state index contributed by atoms with van der Waals surface area (Å²) in [5, 5.41) is 0. The zero-order valence-electron chi connectivity index (χ0n) is 12.1. The van der Waals surface area contributed by atoms with Gasteiger partial charge in [0.25, 0.3) is 0 Å². The van der Waals surface area contributed by atoms with Crippen LogP contribution in [0.1, 0.15) is 60.3 Å². The molecule has 0 radical (unpaired) electrons. The summed E-state index contributed by atoms with van der Waals surface area (Å²) in [4.78, 5) is 12.3. The number of ether oxygens (including phenoxy) is 1. The highest BCUT2D eigenvalue weighted by Crippen LogP contribution is 2.45. The van der Waals surface area contributed by atoms with Gasteiger partial charge in [0.2, 0.25) is 0 Å². The standard InChI is InChI=1S/C15H28O2/c1-6-12-8-7-9-15(4,5)13(12)14(16)17-10-11(2)3/h11-13H,6-10H2,1-5H3/t12-,13-/m1/s1. The molecule has 0 unspecified atom stereocenters. The molecule has 1 rings (SSSR count). The van der Waals surface area contributed by atoms with E-state index in [4.69, 9.17) is 4.74 Å². The summed E-state index contributed by atoms with van der Waals surface area (Å²) < 4.78 is 5.47.